The quantitative estimate of drug-likeness (QED) is 0.599. The zero-order chi connectivity index (χ0) is 9.56. The summed E-state index contributed by atoms with van der Waals surface area (Å²) in [5, 5.41) is 18.0. The van der Waals surface area contributed by atoms with Gasteiger partial charge >= 0.3 is 0 Å². The molecule has 0 heterocycles. The van der Waals surface area contributed by atoms with Crippen molar-refractivity contribution >= 4 is 5.78 Å². The van der Waals surface area contributed by atoms with Crippen LogP contribution in [0.5, 0.6) is 0 Å². The normalized spacial score (nSPS) is 16.3. The molecule has 0 aromatic rings. The van der Waals surface area contributed by atoms with E-state index in [2.05, 4.69) is 0 Å². The van der Waals surface area contributed by atoms with Gasteiger partial charge < -0.3 is 10.2 Å². The minimum Gasteiger partial charge on any atom is -0.391 e. The van der Waals surface area contributed by atoms with E-state index in [1.54, 1.807) is 13.0 Å². The van der Waals surface area contributed by atoms with Gasteiger partial charge in [-0.05, 0) is 19.4 Å². The van der Waals surface area contributed by atoms with Crippen molar-refractivity contribution in [3.05, 3.63) is 12.2 Å². The van der Waals surface area contributed by atoms with Gasteiger partial charge in [0.15, 0.2) is 5.78 Å². The Morgan fingerprint density at radius 1 is 1.50 bits per heavy atom. The van der Waals surface area contributed by atoms with Gasteiger partial charge in [0.25, 0.3) is 0 Å². The van der Waals surface area contributed by atoms with E-state index in [-0.39, 0.29) is 5.78 Å². The molecule has 0 radical (unpaired) electrons. The monoisotopic (exact) mass is 172 g/mol. The molecule has 3 nitrogen and oxygen atoms in total. The zero-order valence-electron chi connectivity index (χ0n) is 7.53. The Bertz CT molecular complexity index is 161. The SMILES string of the molecule is CCC(=O)/C=C/CC(O)[C@@H](C)O. The molecule has 0 aromatic carbocycles. The molecular formula is C9H16O3. The number of allylic oxidation sites excluding steroid dienone is 1. The number of hydrogen-bond acceptors (Lipinski definition) is 3. The molecule has 0 spiro atoms. The van der Waals surface area contributed by atoms with E-state index in [9.17, 15) is 4.79 Å². The Balaban J connectivity index is 3.67. The lowest BCUT2D eigenvalue weighted by molar-refractivity contribution is -0.114. The van der Waals surface area contributed by atoms with Crippen molar-refractivity contribution in [2.24, 2.45) is 0 Å². The fourth-order valence-corrected chi connectivity index (χ4v) is 0.654. The number of aliphatic hydroxyl groups is 2. The van der Waals surface area contributed by atoms with Gasteiger partial charge in [0.2, 0.25) is 0 Å². The van der Waals surface area contributed by atoms with Gasteiger partial charge in [0, 0.05) is 6.42 Å². The van der Waals surface area contributed by atoms with Crippen LogP contribution in [0.2, 0.25) is 0 Å². The van der Waals surface area contributed by atoms with E-state index in [0.29, 0.717) is 12.8 Å². The van der Waals surface area contributed by atoms with Crippen molar-refractivity contribution in [3.8, 4) is 0 Å². The maximum atomic E-state index is 10.7. The van der Waals surface area contributed by atoms with E-state index in [1.165, 1.54) is 13.0 Å². The van der Waals surface area contributed by atoms with Crippen LogP contribution < -0.4 is 0 Å². The average molecular weight is 172 g/mol. The summed E-state index contributed by atoms with van der Waals surface area (Å²) in [6.45, 7) is 3.29. The van der Waals surface area contributed by atoms with Crippen molar-refractivity contribution in [2.45, 2.75) is 38.9 Å². The Morgan fingerprint density at radius 2 is 2.08 bits per heavy atom. The second kappa shape index (κ2) is 5.91. The van der Waals surface area contributed by atoms with Crippen molar-refractivity contribution in [2.75, 3.05) is 0 Å². The lowest BCUT2D eigenvalue weighted by Gasteiger charge is -2.09. The topological polar surface area (TPSA) is 57.5 Å². The summed E-state index contributed by atoms with van der Waals surface area (Å²) in [5.41, 5.74) is 0. The Labute approximate surface area is 72.7 Å². The third kappa shape index (κ3) is 5.04. The molecule has 0 aromatic heterocycles. The maximum Gasteiger partial charge on any atom is 0.155 e. The highest BCUT2D eigenvalue weighted by molar-refractivity contribution is 5.89. The predicted octanol–water partition coefficient (Wildman–Crippen LogP) is 0.653. The molecule has 70 valence electrons. The van der Waals surface area contributed by atoms with Crippen molar-refractivity contribution in [1.82, 2.24) is 0 Å². The molecule has 3 heteroatoms. The summed E-state index contributed by atoms with van der Waals surface area (Å²) in [4.78, 5) is 10.7. The van der Waals surface area contributed by atoms with E-state index >= 15 is 0 Å². The minimum absolute atomic E-state index is 0.0350. The summed E-state index contributed by atoms with van der Waals surface area (Å²) in [7, 11) is 0. The van der Waals surface area contributed by atoms with Crippen molar-refractivity contribution < 1.29 is 15.0 Å². The third-order valence-electron chi connectivity index (χ3n) is 1.59. The number of carbonyl (C=O) groups is 1. The summed E-state index contributed by atoms with van der Waals surface area (Å²) in [5.74, 6) is 0.0350. The smallest absolute Gasteiger partial charge is 0.155 e. The molecule has 2 atom stereocenters. The predicted molar refractivity (Wildman–Crippen MR) is 46.7 cm³/mol. The van der Waals surface area contributed by atoms with E-state index in [1.807, 2.05) is 0 Å². The fourth-order valence-electron chi connectivity index (χ4n) is 0.654. The number of rotatable bonds is 5. The second-order valence-corrected chi connectivity index (χ2v) is 2.77. The fraction of sp³-hybridized carbons (Fsp3) is 0.667. The second-order valence-electron chi connectivity index (χ2n) is 2.77. The van der Waals surface area contributed by atoms with Crippen LogP contribution in [0.1, 0.15) is 26.7 Å². The Morgan fingerprint density at radius 3 is 2.50 bits per heavy atom. The first-order valence-electron chi connectivity index (χ1n) is 4.13. The lowest BCUT2D eigenvalue weighted by atomic mass is 10.1. The van der Waals surface area contributed by atoms with Crippen LogP contribution in [0.15, 0.2) is 12.2 Å². The van der Waals surface area contributed by atoms with Crippen LogP contribution in [0.4, 0.5) is 0 Å². The van der Waals surface area contributed by atoms with E-state index < -0.39 is 12.2 Å². The number of aliphatic hydroxyl groups excluding tert-OH is 2. The Kier molecular flexibility index (Phi) is 5.58. The first kappa shape index (κ1) is 11.3. The molecule has 0 fully saturated rings. The first-order chi connectivity index (χ1) is 5.57. The molecular weight excluding hydrogens is 156 g/mol. The molecule has 0 aliphatic rings. The molecule has 0 rings (SSSR count). The van der Waals surface area contributed by atoms with Gasteiger partial charge in [-0.3, -0.25) is 4.79 Å². The van der Waals surface area contributed by atoms with Crippen LogP contribution in [-0.4, -0.2) is 28.2 Å². The van der Waals surface area contributed by atoms with Gasteiger partial charge in [0.05, 0.1) is 12.2 Å². The summed E-state index contributed by atoms with van der Waals surface area (Å²) in [6.07, 6.45) is 2.30. The summed E-state index contributed by atoms with van der Waals surface area (Å²) >= 11 is 0. The maximum absolute atomic E-state index is 10.7. The minimum atomic E-state index is -0.772. The van der Waals surface area contributed by atoms with Gasteiger partial charge in [-0.15, -0.1) is 0 Å². The number of carbonyl (C=O) groups excluding carboxylic acids is 1. The van der Waals surface area contributed by atoms with Crippen LogP contribution in [0, 0.1) is 0 Å². The van der Waals surface area contributed by atoms with Crippen molar-refractivity contribution in [3.63, 3.8) is 0 Å². The van der Waals surface area contributed by atoms with Crippen molar-refractivity contribution in [1.29, 1.82) is 0 Å². The van der Waals surface area contributed by atoms with Crippen LogP contribution in [0.25, 0.3) is 0 Å². The number of ketones is 1. The summed E-state index contributed by atoms with van der Waals surface area (Å²) < 4.78 is 0. The summed E-state index contributed by atoms with van der Waals surface area (Å²) in [6, 6.07) is 0. The molecule has 12 heavy (non-hydrogen) atoms. The largest absolute Gasteiger partial charge is 0.391 e. The van der Waals surface area contributed by atoms with Gasteiger partial charge in [0.1, 0.15) is 0 Å². The number of hydrogen-bond donors (Lipinski definition) is 2. The van der Waals surface area contributed by atoms with Gasteiger partial charge in [-0.25, -0.2) is 0 Å². The zero-order valence-corrected chi connectivity index (χ0v) is 7.53. The third-order valence-corrected chi connectivity index (χ3v) is 1.59. The van der Waals surface area contributed by atoms with Gasteiger partial charge in [-0.2, -0.15) is 0 Å². The highest BCUT2D eigenvalue weighted by Gasteiger charge is 2.07. The molecule has 0 aliphatic carbocycles. The lowest BCUT2D eigenvalue weighted by Crippen LogP contribution is -2.21. The first-order valence-corrected chi connectivity index (χ1v) is 4.13. The molecule has 2 N–H and O–H groups in total. The van der Waals surface area contributed by atoms with Crippen LogP contribution >= 0.6 is 0 Å². The molecule has 0 amide bonds. The van der Waals surface area contributed by atoms with E-state index in [4.69, 9.17) is 10.2 Å². The van der Waals surface area contributed by atoms with Crippen LogP contribution in [-0.2, 0) is 4.79 Å². The average Bonchev–Trinajstić information content (AvgIpc) is 2.03. The van der Waals surface area contributed by atoms with E-state index in [0.717, 1.165) is 0 Å². The van der Waals surface area contributed by atoms with Crippen LogP contribution in [0.3, 0.4) is 0 Å². The molecule has 0 saturated heterocycles. The molecule has 0 aliphatic heterocycles. The molecule has 1 unspecified atom stereocenters. The highest BCUT2D eigenvalue weighted by atomic mass is 16.3. The Hall–Kier alpha value is -0.670. The molecule has 0 saturated carbocycles. The molecule has 0 bridgehead atoms. The standard InChI is InChI=1S/C9H16O3/c1-3-8(11)5-4-6-9(12)7(2)10/h4-5,7,9-10,12H,3,6H2,1-2H3/b5-4+/t7-,9?/m1/s1. The van der Waals surface area contributed by atoms with Gasteiger partial charge in [-0.1, -0.05) is 13.0 Å². The highest BCUT2D eigenvalue weighted by Crippen LogP contribution is 1.99.